The minimum Gasteiger partial charge on any atom is -0.454 e. The Morgan fingerprint density at radius 2 is 2.14 bits per heavy atom. The average Bonchev–Trinajstić information content (AvgIpc) is 2.84. The van der Waals surface area contributed by atoms with Gasteiger partial charge in [-0.2, -0.15) is 0 Å². The number of amides is 1. The molecule has 114 valence electrons. The van der Waals surface area contributed by atoms with Crippen molar-refractivity contribution in [3.05, 3.63) is 22.2 Å². The number of nitro groups is 1. The fraction of sp³-hybridized carbons (Fsp3) is 0.462. The molecule has 0 fully saturated rings. The van der Waals surface area contributed by atoms with Crippen LogP contribution in [0.4, 0.5) is 11.4 Å². The Morgan fingerprint density at radius 3 is 2.76 bits per heavy atom. The van der Waals surface area contributed by atoms with E-state index < -0.39 is 4.92 Å². The van der Waals surface area contributed by atoms with E-state index in [1.54, 1.807) is 0 Å². The molecule has 1 heterocycles. The van der Waals surface area contributed by atoms with Crippen molar-refractivity contribution in [2.24, 2.45) is 5.73 Å². The van der Waals surface area contributed by atoms with Gasteiger partial charge in [-0.25, -0.2) is 0 Å². The second kappa shape index (κ2) is 6.40. The molecule has 0 radical (unpaired) electrons. The van der Waals surface area contributed by atoms with Crippen LogP contribution in [0.2, 0.25) is 0 Å². The average molecular weight is 295 g/mol. The fourth-order valence-corrected chi connectivity index (χ4v) is 2.09. The first-order valence-electron chi connectivity index (χ1n) is 6.64. The van der Waals surface area contributed by atoms with Crippen LogP contribution in [0, 0.1) is 10.1 Å². The highest BCUT2D eigenvalue weighted by molar-refractivity contribution is 5.94. The Kier molecular flexibility index (Phi) is 4.59. The second-order valence-corrected chi connectivity index (χ2v) is 4.78. The number of anilines is 1. The minimum absolute atomic E-state index is 0.00522. The Bertz CT molecular complexity index is 561. The number of hydrogen-bond acceptors (Lipinski definition) is 6. The molecule has 21 heavy (non-hydrogen) atoms. The van der Waals surface area contributed by atoms with E-state index in [9.17, 15) is 14.9 Å². The van der Waals surface area contributed by atoms with Crippen molar-refractivity contribution in [3.8, 4) is 11.5 Å². The van der Waals surface area contributed by atoms with E-state index in [0.29, 0.717) is 11.5 Å². The number of nitrogens with zero attached hydrogens (tertiary/aromatic N) is 1. The Labute approximate surface area is 121 Å². The van der Waals surface area contributed by atoms with Crippen LogP contribution in [-0.4, -0.2) is 23.7 Å². The van der Waals surface area contributed by atoms with Gasteiger partial charge in [0.05, 0.1) is 11.0 Å². The largest absolute Gasteiger partial charge is 0.454 e. The molecular formula is C13H17N3O5. The molecule has 0 aromatic heterocycles. The summed E-state index contributed by atoms with van der Waals surface area (Å²) >= 11 is 0. The van der Waals surface area contributed by atoms with Gasteiger partial charge < -0.3 is 20.5 Å². The summed E-state index contributed by atoms with van der Waals surface area (Å²) in [6.07, 6.45) is 1.70. The highest BCUT2D eigenvalue weighted by Gasteiger charge is 2.24. The lowest BCUT2D eigenvalue weighted by Gasteiger charge is -2.11. The fourth-order valence-electron chi connectivity index (χ4n) is 2.09. The van der Waals surface area contributed by atoms with Crippen molar-refractivity contribution in [2.45, 2.75) is 32.2 Å². The smallest absolute Gasteiger partial charge is 0.296 e. The first kappa shape index (κ1) is 15.0. The summed E-state index contributed by atoms with van der Waals surface area (Å²) in [7, 11) is 0. The molecule has 8 heteroatoms. The van der Waals surface area contributed by atoms with Gasteiger partial charge in [-0.15, -0.1) is 0 Å². The molecule has 0 bridgehead atoms. The predicted octanol–water partition coefficient (Wildman–Crippen LogP) is 1.78. The van der Waals surface area contributed by atoms with E-state index in [0.717, 1.165) is 12.8 Å². The first-order valence-corrected chi connectivity index (χ1v) is 6.64. The molecule has 1 amide bonds. The second-order valence-electron chi connectivity index (χ2n) is 4.78. The molecule has 0 spiro atoms. The number of benzene rings is 1. The highest BCUT2D eigenvalue weighted by atomic mass is 16.7. The van der Waals surface area contributed by atoms with Gasteiger partial charge in [-0.1, -0.05) is 13.3 Å². The number of hydrogen-bond donors (Lipinski definition) is 2. The van der Waals surface area contributed by atoms with E-state index in [2.05, 4.69) is 5.32 Å². The van der Waals surface area contributed by atoms with Gasteiger partial charge in [0.1, 0.15) is 5.69 Å². The zero-order chi connectivity index (χ0) is 15.4. The zero-order valence-electron chi connectivity index (χ0n) is 11.6. The van der Waals surface area contributed by atoms with Crippen molar-refractivity contribution < 1.29 is 19.2 Å². The van der Waals surface area contributed by atoms with Crippen LogP contribution in [0.5, 0.6) is 11.5 Å². The lowest BCUT2D eigenvalue weighted by atomic mass is 10.1. The molecule has 1 aliphatic rings. The van der Waals surface area contributed by atoms with Gasteiger partial charge in [0, 0.05) is 18.5 Å². The van der Waals surface area contributed by atoms with Crippen LogP contribution in [-0.2, 0) is 4.79 Å². The number of rotatable bonds is 6. The number of nitrogens with one attached hydrogen (secondary N) is 1. The minimum atomic E-state index is -0.580. The lowest BCUT2D eigenvalue weighted by molar-refractivity contribution is -0.384. The molecule has 8 nitrogen and oxygen atoms in total. The number of fused-ring (bicyclic) bond motifs is 1. The number of ether oxygens (including phenoxy) is 2. The maximum atomic E-state index is 11.9. The summed E-state index contributed by atoms with van der Waals surface area (Å²) in [6, 6.07) is 2.37. The number of nitro benzene ring substituents is 1. The Morgan fingerprint density at radius 1 is 1.48 bits per heavy atom. The summed E-state index contributed by atoms with van der Waals surface area (Å²) < 4.78 is 10.2. The molecular weight excluding hydrogens is 278 g/mol. The molecule has 0 aliphatic carbocycles. The molecule has 1 aliphatic heterocycles. The van der Waals surface area contributed by atoms with Crippen molar-refractivity contribution >= 4 is 17.3 Å². The van der Waals surface area contributed by atoms with Gasteiger partial charge in [-0.05, 0) is 6.42 Å². The third-order valence-corrected chi connectivity index (χ3v) is 3.07. The molecule has 0 saturated heterocycles. The van der Waals surface area contributed by atoms with E-state index in [1.807, 2.05) is 6.92 Å². The summed E-state index contributed by atoms with van der Waals surface area (Å²) in [6.45, 7) is 1.98. The lowest BCUT2D eigenvalue weighted by Crippen LogP contribution is -2.27. The van der Waals surface area contributed by atoms with E-state index in [-0.39, 0.29) is 36.5 Å². The number of nitrogens with two attached hydrogens (primary N) is 1. The number of carbonyl (C=O) groups excluding carboxylic acids is 1. The van der Waals surface area contributed by atoms with E-state index in [1.165, 1.54) is 12.1 Å². The van der Waals surface area contributed by atoms with Gasteiger partial charge in [0.2, 0.25) is 12.7 Å². The van der Waals surface area contributed by atoms with E-state index >= 15 is 0 Å². The first-order chi connectivity index (χ1) is 10.0. The van der Waals surface area contributed by atoms with Crippen molar-refractivity contribution in [1.82, 2.24) is 0 Å². The maximum absolute atomic E-state index is 11.9. The van der Waals surface area contributed by atoms with Gasteiger partial charge >= 0.3 is 0 Å². The van der Waals surface area contributed by atoms with Crippen molar-refractivity contribution in [2.75, 3.05) is 12.1 Å². The van der Waals surface area contributed by atoms with Crippen molar-refractivity contribution in [1.29, 1.82) is 0 Å². The molecule has 1 atom stereocenters. The van der Waals surface area contributed by atoms with Gasteiger partial charge in [0.15, 0.2) is 11.5 Å². The topological polar surface area (TPSA) is 117 Å². The normalized spacial score (nSPS) is 13.8. The van der Waals surface area contributed by atoms with E-state index in [4.69, 9.17) is 15.2 Å². The quantitative estimate of drug-likeness (QED) is 0.610. The number of carbonyl (C=O) groups is 1. The third kappa shape index (κ3) is 3.60. The molecule has 1 aromatic rings. The summed E-state index contributed by atoms with van der Waals surface area (Å²) in [4.78, 5) is 22.4. The summed E-state index contributed by atoms with van der Waals surface area (Å²) in [5, 5.41) is 13.6. The van der Waals surface area contributed by atoms with Crippen LogP contribution < -0.4 is 20.5 Å². The molecule has 1 unspecified atom stereocenters. The van der Waals surface area contributed by atoms with Crippen LogP contribution in [0.1, 0.15) is 26.2 Å². The predicted molar refractivity (Wildman–Crippen MR) is 75.3 cm³/mol. The van der Waals surface area contributed by atoms with Crippen LogP contribution in [0.25, 0.3) is 0 Å². The monoisotopic (exact) mass is 295 g/mol. The van der Waals surface area contributed by atoms with Gasteiger partial charge in [-0.3, -0.25) is 14.9 Å². The zero-order valence-corrected chi connectivity index (χ0v) is 11.6. The Hall–Kier alpha value is -2.35. The highest BCUT2D eigenvalue weighted by Crippen LogP contribution is 2.40. The standard InChI is InChI=1S/C13H17N3O5/c1-2-3-8(14)4-13(17)15-9-5-11-12(21-7-20-11)6-10(9)16(18)19/h5-6,8H,2-4,7,14H2,1H3,(H,15,17). The van der Waals surface area contributed by atoms with Gasteiger partial charge in [0.25, 0.3) is 5.69 Å². The SMILES string of the molecule is CCCC(N)CC(=O)Nc1cc2c(cc1[N+](=O)[O-])OCO2. The Balaban J connectivity index is 2.15. The maximum Gasteiger partial charge on any atom is 0.296 e. The molecule has 2 rings (SSSR count). The molecule has 3 N–H and O–H groups in total. The van der Waals surface area contributed by atoms with Crippen molar-refractivity contribution in [3.63, 3.8) is 0 Å². The van der Waals surface area contributed by atoms with Crippen LogP contribution in [0.15, 0.2) is 12.1 Å². The summed E-state index contributed by atoms with van der Waals surface area (Å²) in [5.74, 6) is 0.300. The molecule has 0 saturated carbocycles. The summed E-state index contributed by atoms with van der Waals surface area (Å²) in [5.41, 5.74) is 5.63. The molecule has 1 aromatic carbocycles. The van der Waals surface area contributed by atoms with Crippen LogP contribution >= 0.6 is 0 Å². The van der Waals surface area contributed by atoms with Crippen LogP contribution in [0.3, 0.4) is 0 Å². The third-order valence-electron chi connectivity index (χ3n) is 3.07.